The van der Waals surface area contributed by atoms with Crippen molar-refractivity contribution in [3.8, 4) is 5.75 Å². The van der Waals surface area contributed by atoms with E-state index in [1.54, 1.807) is 36.4 Å². The van der Waals surface area contributed by atoms with Crippen molar-refractivity contribution in [2.24, 2.45) is 0 Å². The predicted octanol–water partition coefficient (Wildman–Crippen LogP) is 4.02. The minimum absolute atomic E-state index is 0.0487. The lowest BCUT2D eigenvalue weighted by atomic mass is 9.87. The quantitative estimate of drug-likeness (QED) is 0.485. The predicted molar refractivity (Wildman–Crippen MR) is 81.9 cm³/mol. The summed E-state index contributed by atoms with van der Waals surface area (Å²) >= 11 is 0. The molecule has 0 aliphatic rings. The highest BCUT2D eigenvalue weighted by Gasteiger charge is 2.15. The number of benzene rings is 2. The molecule has 21 heavy (non-hydrogen) atoms. The molecule has 0 spiro atoms. The normalized spacial score (nSPS) is 11.0. The van der Waals surface area contributed by atoms with Gasteiger partial charge in [0.05, 0.1) is 5.56 Å². The summed E-state index contributed by atoms with van der Waals surface area (Å²) in [7, 11) is 0. The second-order valence-corrected chi connectivity index (χ2v) is 5.90. The van der Waals surface area contributed by atoms with Gasteiger partial charge < -0.3 is 4.74 Å². The smallest absolute Gasteiger partial charge is 0.343 e. The average molecular weight is 282 g/mol. The first-order valence-corrected chi connectivity index (χ1v) is 6.78. The van der Waals surface area contributed by atoms with Crippen molar-refractivity contribution in [1.29, 1.82) is 0 Å². The Morgan fingerprint density at radius 2 is 1.52 bits per heavy atom. The molecular formula is C18H18O3. The van der Waals surface area contributed by atoms with Crippen LogP contribution in [0.4, 0.5) is 0 Å². The summed E-state index contributed by atoms with van der Waals surface area (Å²) in [6, 6.07) is 13.8. The van der Waals surface area contributed by atoms with Gasteiger partial charge in [-0.25, -0.2) is 4.79 Å². The number of carbonyl (C=O) groups is 2. The molecule has 0 fully saturated rings. The zero-order valence-corrected chi connectivity index (χ0v) is 12.4. The molecule has 0 aliphatic heterocycles. The van der Waals surface area contributed by atoms with E-state index in [1.807, 2.05) is 12.1 Å². The highest BCUT2D eigenvalue weighted by molar-refractivity contribution is 5.91. The Bertz CT molecular complexity index is 632. The van der Waals surface area contributed by atoms with Crippen LogP contribution in [-0.2, 0) is 5.41 Å². The highest BCUT2D eigenvalue weighted by Crippen LogP contribution is 2.22. The van der Waals surface area contributed by atoms with Crippen molar-refractivity contribution in [2.75, 3.05) is 0 Å². The van der Waals surface area contributed by atoms with E-state index in [2.05, 4.69) is 20.8 Å². The van der Waals surface area contributed by atoms with Crippen LogP contribution in [-0.4, -0.2) is 12.3 Å². The Kier molecular flexibility index (Phi) is 4.22. The minimum Gasteiger partial charge on any atom is -0.423 e. The van der Waals surface area contributed by atoms with E-state index in [0.717, 1.165) is 11.8 Å². The Balaban J connectivity index is 2.11. The minimum atomic E-state index is -0.408. The molecule has 0 aromatic heterocycles. The number of esters is 1. The Hall–Kier alpha value is -2.42. The van der Waals surface area contributed by atoms with Crippen LogP contribution in [0.3, 0.4) is 0 Å². The molecule has 0 saturated heterocycles. The largest absolute Gasteiger partial charge is 0.423 e. The number of carbonyl (C=O) groups excluding carboxylic acids is 2. The fourth-order valence-corrected chi connectivity index (χ4v) is 1.89. The molecule has 3 nitrogen and oxygen atoms in total. The van der Waals surface area contributed by atoms with Crippen LogP contribution in [0.25, 0.3) is 0 Å². The summed E-state index contributed by atoms with van der Waals surface area (Å²) in [5.41, 5.74) is 2.26. The fraction of sp³-hybridized carbons (Fsp3) is 0.222. The SMILES string of the molecule is CC(C)(C)c1ccc(C(=O)Oc2ccc(C=O)cc2)cc1. The maximum Gasteiger partial charge on any atom is 0.343 e. The van der Waals surface area contributed by atoms with Crippen molar-refractivity contribution in [1.82, 2.24) is 0 Å². The monoisotopic (exact) mass is 282 g/mol. The van der Waals surface area contributed by atoms with Crippen LogP contribution >= 0.6 is 0 Å². The third kappa shape index (κ3) is 3.78. The molecule has 0 N–H and O–H groups in total. The van der Waals surface area contributed by atoms with E-state index in [1.165, 1.54) is 0 Å². The van der Waals surface area contributed by atoms with E-state index < -0.39 is 5.97 Å². The van der Waals surface area contributed by atoms with Crippen molar-refractivity contribution in [3.63, 3.8) is 0 Å². The standard InChI is InChI=1S/C18H18O3/c1-18(2,3)15-8-6-14(7-9-15)17(20)21-16-10-4-13(12-19)5-11-16/h4-12H,1-3H3. The molecular weight excluding hydrogens is 264 g/mol. The molecule has 0 bridgehead atoms. The second kappa shape index (κ2) is 5.92. The van der Waals surface area contributed by atoms with Crippen LogP contribution < -0.4 is 4.74 Å². The number of hydrogen-bond acceptors (Lipinski definition) is 3. The van der Waals surface area contributed by atoms with Gasteiger partial charge in [0.2, 0.25) is 0 Å². The molecule has 0 unspecified atom stereocenters. The maximum absolute atomic E-state index is 12.0. The van der Waals surface area contributed by atoms with Crippen molar-refractivity contribution in [3.05, 3.63) is 65.2 Å². The Labute approximate surface area is 124 Å². The molecule has 2 aromatic carbocycles. The van der Waals surface area contributed by atoms with E-state index in [4.69, 9.17) is 4.74 Å². The van der Waals surface area contributed by atoms with Gasteiger partial charge in [-0.3, -0.25) is 4.79 Å². The van der Waals surface area contributed by atoms with Crippen LogP contribution in [0.2, 0.25) is 0 Å². The number of hydrogen-bond donors (Lipinski definition) is 0. The third-order valence-corrected chi connectivity index (χ3v) is 3.21. The highest BCUT2D eigenvalue weighted by atomic mass is 16.5. The number of aldehydes is 1. The first kappa shape index (κ1) is 15.0. The van der Waals surface area contributed by atoms with Crippen LogP contribution in [0, 0.1) is 0 Å². The van der Waals surface area contributed by atoms with Gasteiger partial charge in [0.25, 0.3) is 0 Å². The van der Waals surface area contributed by atoms with E-state index in [0.29, 0.717) is 16.9 Å². The molecule has 0 heterocycles. The van der Waals surface area contributed by atoms with Crippen LogP contribution in [0.15, 0.2) is 48.5 Å². The van der Waals surface area contributed by atoms with Gasteiger partial charge in [0, 0.05) is 5.56 Å². The molecule has 0 amide bonds. The first-order chi connectivity index (χ1) is 9.90. The lowest BCUT2D eigenvalue weighted by Gasteiger charge is -2.18. The lowest BCUT2D eigenvalue weighted by molar-refractivity contribution is 0.0734. The fourth-order valence-electron chi connectivity index (χ4n) is 1.89. The van der Waals surface area contributed by atoms with Crippen molar-refractivity contribution < 1.29 is 14.3 Å². The molecule has 2 rings (SSSR count). The summed E-state index contributed by atoms with van der Waals surface area (Å²) in [6.45, 7) is 6.36. The molecule has 3 heteroatoms. The molecule has 108 valence electrons. The van der Waals surface area contributed by atoms with E-state index >= 15 is 0 Å². The van der Waals surface area contributed by atoms with Crippen molar-refractivity contribution >= 4 is 12.3 Å². The molecule has 0 radical (unpaired) electrons. The first-order valence-electron chi connectivity index (χ1n) is 6.78. The average Bonchev–Trinajstić information content (AvgIpc) is 2.47. The summed E-state index contributed by atoms with van der Waals surface area (Å²) < 4.78 is 5.27. The number of ether oxygens (including phenoxy) is 1. The topological polar surface area (TPSA) is 43.4 Å². The summed E-state index contributed by atoms with van der Waals surface area (Å²) in [4.78, 5) is 22.6. The summed E-state index contributed by atoms with van der Waals surface area (Å²) in [6.07, 6.45) is 0.747. The molecule has 0 atom stereocenters. The maximum atomic E-state index is 12.0. The van der Waals surface area contributed by atoms with Gasteiger partial charge >= 0.3 is 5.97 Å². The van der Waals surface area contributed by atoms with E-state index in [9.17, 15) is 9.59 Å². The molecule has 2 aromatic rings. The Morgan fingerprint density at radius 1 is 0.952 bits per heavy atom. The van der Waals surface area contributed by atoms with Gasteiger partial charge in [0.1, 0.15) is 12.0 Å². The summed E-state index contributed by atoms with van der Waals surface area (Å²) in [5.74, 6) is 0.0137. The van der Waals surface area contributed by atoms with Gasteiger partial charge in [-0.2, -0.15) is 0 Å². The number of rotatable bonds is 3. The molecule has 0 aliphatic carbocycles. The third-order valence-electron chi connectivity index (χ3n) is 3.21. The summed E-state index contributed by atoms with van der Waals surface area (Å²) in [5, 5.41) is 0. The van der Waals surface area contributed by atoms with Gasteiger partial charge in [-0.1, -0.05) is 32.9 Å². The van der Waals surface area contributed by atoms with Gasteiger partial charge in [0.15, 0.2) is 0 Å². The lowest BCUT2D eigenvalue weighted by Crippen LogP contribution is -2.12. The van der Waals surface area contributed by atoms with Gasteiger partial charge in [-0.15, -0.1) is 0 Å². The van der Waals surface area contributed by atoms with Crippen LogP contribution in [0.1, 0.15) is 47.1 Å². The zero-order valence-electron chi connectivity index (χ0n) is 12.4. The Morgan fingerprint density at radius 3 is 2.00 bits per heavy atom. The van der Waals surface area contributed by atoms with Gasteiger partial charge in [-0.05, 0) is 47.4 Å². The van der Waals surface area contributed by atoms with Crippen LogP contribution in [0.5, 0.6) is 5.75 Å². The van der Waals surface area contributed by atoms with Crippen molar-refractivity contribution in [2.45, 2.75) is 26.2 Å². The molecule has 0 saturated carbocycles. The van der Waals surface area contributed by atoms with E-state index in [-0.39, 0.29) is 5.41 Å². The second-order valence-electron chi connectivity index (χ2n) is 5.90. The zero-order chi connectivity index (χ0) is 15.5.